The molecule has 7 nitrogen and oxygen atoms in total. The molecule has 0 saturated heterocycles. The van der Waals surface area contributed by atoms with E-state index in [0.29, 0.717) is 22.4 Å². The van der Waals surface area contributed by atoms with Gasteiger partial charge in [-0.1, -0.05) is 23.7 Å². The first-order valence-electron chi connectivity index (χ1n) is 7.63. The Morgan fingerprint density at radius 1 is 1.33 bits per heavy atom. The summed E-state index contributed by atoms with van der Waals surface area (Å²) in [6, 6.07) is 9.52. The van der Waals surface area contributed by atoms with Crippen molar-refractivity contribution in [3.8, 4) is 11.4 Å². The topological polar surface area (TPSA) is 77.6 Å². The van der Waals surface area contributed by atoms with Gasteiger partial charge in [-0.05, 0) is 41.5 Å². The molecule has 4 rings (SSSR count). The molecule has 122 valence electrons. The summed E-state index contributed by atoms with van der Waals surface area (Å²) in [5, 5.41) is 15.3. The van der Waals surface area contributed by atoms with Gasteiger partial charge in [-0.3, -0.25) is 4.79 Å². The van der Waals surface area contributed by atoms with Crippen LogP contribution in [0.2, 0.25) is 5.02 Å². The number of halogens is 1. The standard InChI is InChI=1S/C16H15ClN6O/c1-22-9-11(17)8-14(22)16(24)18-12-4-2-3-10(7-12)15-19-20-21-23(15)13-5-6-13/h2-4,7-9,13H,5-6H2,1H3,(H,18,24). The summed E-state index contributed by atoms with van der Waals surface area (Å²) in [7, 11) is 1.78. The van der Waals surface area contributed by atoms with Crippen LogP contribution in [-0.4, -0.2) is 30.7 Å². The van der Waals surface area contributed by atoms with Gasteiger partial charge in [-0.25, -0.2) is 4.68 Å². The van der Waals surface area contributed by atoms with Gasteiger partial charge in [0.2, 0.25) is 0 Å². The van der Waals surface area contributed by atoms with Crippen LogP contribution in [0, 0.1) is 0 Å². The largest absolute Gasteiger partial charge is 0.345 e. The average Bonchev–Trinajstić information content (AvgIpc) is 3.18. The van der Waals surface area contributed by atoms with Crippen LogP contribution < -0.4 is 5.32 Å². The third-order valence-corrected chi connectivity index (χ3v) is 4.18. The van der Waals surface area contributed by atoms with Gasteiger partial charge >= 0.3 is 0 Å². The first-order valence-corrected chi connectivity index (χ1v) is 8.01. The van der Waals surface area contributed by atoms with E-state index in [1.54, 1.807) is 23.9 Å². The molecule has 0 unspecified atom stereocenters. The van der Waals surface area contributed by atoms with Crippen LogP contribution in [-0.2, 0) is 7.05 Å². The van der Waals surface area contributed by atoms with Crippen molar-refractivity contribution in [3.63, 3.8) is 0 Å². The molecule has 1 aliphatic rings. The maximum Gasteiger partial charge on any atom is 0.272 e. The second kappa shape index (κ2) is 5.76. The van der Waals surface area contributed by atoms with Gasteiger partial charge in [0.1, 0.15) is 5.69 Å². The predicted molar refractivity (Wildman–Crippen MR) is 89.9 cm³/mol. The van der Waals surface area contributed by atoms with E-state index in [0.717, 1.165) is 24.2 Å². The van der Waals surface area contributed by atoms with Crippen molar-refractivity contribution in [1.29, 1.82) is 0 Å². The Morgan fingerprint density at radius 3 is 2.88 bits per heavy atom. The first kappa shape index (κ1) is 14.9. The monoisotopic (exact) mass is 342 g/mol. The molecule has 2 heterocycles. The molecular weight excluding hydrogens is 328 g/mol. The molecule has 1 fully saturated rings. The minimum Gasteiger partial charge on any atom is -0.345 e. The lowest BCUT2D eigenvalue weighted by Gasteiger charge is -2.08. The molecule has 0 bridgehead atoms. The van der Waals surface area contributed by atoms with Crippen LogP contribution >= 0.6 is 11.6 Å². The number of hydrogen-bond donors (Lipinski definition) is 1. The van der Waals surface area contributed by atoms with E-state index in [1.165, 1.54) is 0 Å². The summed E-state index contributed by atoms with van der Waals surface area (Å²) in [6.07, 6.45) is 3.89. The van der Waals surface area contributed by atoms with E-state index >= 15 is 0 Å². The first-order chi connectivity index (χ1) is 11.6. The summed E-state index contributed by atoms with van der Waals surface area (Å²) >= 11 is 5.93. The number of rotatable bonds is 4. The summed E-state index contributed by atoms with van der Waals surface area (Å²) < 4.78 is 3.53. The van der Waals surface area contributed by atoms with E-state index in [9.17, 15) is 4.79 Å². The van der Waals surface area contributed by atoms with Gasteiger partial charge in [0.05, 0.1) is 11.1 Å². The highest BCUT2D eigenvalue weighted by Gasteiger charge is 2.28. The number of carbonyl (C=O) groups excluding carboxylic acids is 1. The molecule has 8 heteroatoms. The molecule has 0 radical (unpaired) electrons. The number of nitrogens with one attached hydrogen (secondary N) is 1. The zero-order valence-corrected chi connectivity index (χ0v) is 13.7. The highest BCUT2D eigenvalue weighted by Crippen LogP contribution is 2.36. The zero-order valence-electron chi connectivity index (χ0n) is 13.0. The van der Waals surface area contributed by atoms with Crippen molar-refractivity contribution in [3.05, 3.63) is 47.2 Å². The second-order valence-electron chi connectivity index (χ2n) is 5.87. The predicted octanol–water partition coefficient (Wildman–Crippen LogP) is 2.92. The number of amides is 1. The van der Waals surface area contributed by atoms with E-state index in [4.69, 9.17) is 11.6 Å². The number of carbonyl (C=O) groups is 1. The van der Waals surface area contributed by atoms with E-state index in [-0.39, 0.29) is 5.91 Å². The molecule has 1 saturated carbocycles. The van der Waals surface area contributed by atoms with Crippen LogP contribution in [0.5, 0.6) is 0 Å². The quantitative estimate of drug-likeness (QED) is 0.790. The summed E-state index contributed by atoms with van der Waals surface area (Å²) in [5.74, 6) is 0.499. The molecule has 24 heavy (non-hydrogen) atoms. The Morgan fingerprint density at radius 2 is 2.17 bits per heavy atom. The minimum atomic E-state index is -0.219. The number of nitrogens with zero attached hydrogens (tertiary/aromatic N) is 5. The van der Waals surface area contributed by atoms with Gasteiger partial charge in [0.25, 0.3) is 5.91 Å². The van der Waals surface area contributed by atoms with E-state index < -0.39 is 0 Å². The zero-order chi connectivity index (χ0) is 16.7. The number of anilines is 1. The van der Waals surface area contributed by atoms with Crippen LogP contribution in [0.4, 0.5) is 5.69 Å². The second-order valence-corrected chi connectivity index (χ2v) is 6.30. The lowest BCUT2D eigenvalue weighted by atomic mass is 10.2. The number of aryl methyl sites for hydroxylation is 1. The van der Waals surface area contributed by atoms with Gasteiger partial charge in [-0.2, -0.15) is 0 Å². The molecular formula is C16H15ClN6O. The minimum absolute atomic E-state index is 0.219. The lowest BCUT2D eigenvalue weighted by Crippen LogP contribution is -2.15. The maximum absolute atomic E-state index is 12.4. The van der Waals surface area contributed by atoms with Crippen LogP contribution in [0.3, 0.4) is 0 Å². The van der Waals surface area contributed by atoms with Crippen molar-refractivity contribution in [2.45, 2.75) is 18.9 Å². The normalized spacial score (nSPS) is 13.9. The van der Waals surface area contributed by atoms with Gasteiger partial charge in [0.15, 0.2) is 5.82 Å². The third kappa shape index (κ3) is 2.78. The molecule has 0 aliphatic heterocycles. The Labute approximate surface area is 143 Å². The smallest absolute Gasteiger partial charge is 0.272 e. The van der Waals surface area contributed by atoms with Crippen molar-refractivity contribution in [2.24, 2.45) is 7.05 Å². The van der Waals surface area contributed by atoms with Crippen LogP contribution in [0.15, 0.2) is 36.5 Å². The molecule has 2 aromatic heterocycles. The molecule has 1 N–H and O–H groups in total. The van der Waals surface area contributed by atoms with Gasteiger partial charge < -0.3 is 9.88 Å². The molecule has 0 atom stereocenters. The fourth-order valence-corrected chi connectivity index (χ4v) is 2.88. The fourth-order valence-electron chi connectivity index (χ4n) is 2.63. The molecule has 0 spiro atoms. The highest BCUT2D eigenvalue weighted by molar-refractivity contribution is 6.31. The summed E-state index contributed by atoms with van der Waals surface area (Å²) in [6.45, 7) is 0. The third-order valence-electron chi connectivity index (χ3n) is 3.97. The van der Waals surface area contributed by atoms with Crippen LogP contribution in [0.25, 0.3) is 11.4 Å². The lowest BCUT2D eigenvalue weighted by molar-refractivity contribution is 0.101. The molecule has 1 aliphatic carbocycles. The summed E-state index contributed by atoms with van der Waals surface area (Å²) in [4.78, 5) is 12.4. The highest BCUT2D eigenvalue weighted by atomic mass is 35.5. The van der Waals surface area contributed by atoms with E-state index in [1.807, 2.05) is 28.9 Å². The average molecular weight is 343 g/mol. The molecule has 1 amide bonds. The Balaban J connectivity index is 1.60. The van der Waals surface area contributed by atoms with Crippen LogP contribution in [0.1, 0.15) is 29.4 Å². The fraction of sp³-hybridized carbons (Fsp3) is 0.250. The Bertz CT molecular complexity index is 911. The number of aromatic nitrogens is 5. The number of tetrazole rings is 1. The van der Waals surface area contributed by atoms with Crippen molar-refractivity contribution in [2.75, 3.05) is 5.32 Å². The van der Waals surface area contributed by atoms with E-state index in [2.05, 4.69) is 20.8 Å². The van der Waals surface area contributed by atoms with Crippen molar-refractivity contribution >= 4 is 23.2 Å². The van der Waals surface area contributed by atoms with Gasteiger partial charge in [0, 0.05) is 24.5 Å². The number of hydrogen-bond acceptors (Lipinski definition) is 4. The summed E-state index contributed by atoms with van der Waals surface area (Å²) in [5.41, 5.74) is 2.04. The number of benzene rings is 1. The maximum atomic E-state index is 12.4. The molecule has 3 aromatic rings. The SMILES string of the molecule is Cn1cc(Cl)cc1C(=O)Nc1cccc(-c2nnnn2C2CC2)c1. The van der Waals surface area contributed by atoms with Gasteiger partial charge in [-0.15, -0.1) is 5.10 Å². The molecule has 1 aromatic carbocycles. The van der Waals surface area contributed by atoms with Crippen molar-refractivity contribution in [1.82, 2.24) is 24.8 Å². The Kier molecular flexibility index (Phi) is 3.57. The van der Waals surface area contributed by atoms with Crippen molar-refractivity contribution < 1.29 is 4.79 Å². The Hall–Kier alpha value is -2.67.